The van der Waals surface area contributed by atoms with Crippen LogP contribution in [0.1, 0.15) is 25.7 Å². The van der Waals surface area contributed by atoms with E-state index in [1.54, 1.807) is 0 Å². The Balaban J connectivity index is 2.05. The maximum absolute atomic E-state index is 6.04. The summed E-state index contributed by atoms with van der Waals surface area (Å²) in [6.07, 6.45) is 5.22. The van der Waals surface area contributed by atoms with Gasteiger partial charge in [0.15, 0.2) is 0 Å². The summed E-state index contributed by atoms with van der Waals surface area (Å²) in [5.41, 5.74) is 0. The Bertz CT molecular complexity index is 384. The molecule has 1 aliphatic rings. The van der Waals surface area contributed by atoms with E-state index in [0.29, 0.717) is 21.3 Å². The molecule has 1 fully saturated rings. The Morgan fingerprint density at radius 3 is 2.65 bits per heavy atom. The van der Waals surface area contributed by atoms with E-state index in [-0.39, 0.29) is 0 Å². The SMILES string of the molecule is CNC1CCCCC1Sc1ccc(Cl)c(Cl)c1. The summed E-state index contributed by atoms with van der Waals surface area (Å²) >= 11 is 13.9. The molecule has 0 saturated heterocycles. The second kappa shape index (κ2) is 6.33. The van der Waals surface area contributed by atoms with E-state index < -0.39 is 0 Å². The van der Waals surface area contributed by atoms with E-state index >= 15 is 0 Å². The van der Waals surface area contributed by atoms with E-state index in [2.05, 4.69) is 18.4 Å². The normalized spacial score (nSPS) is 24.9. The van der Waals surface area contributed by atoms with Gasteiger partial charge in [-0.3, -0.25) is 0 Å². The summed E-state index contributed by atoms with van der Waals surface area (Å²) in [6.45, 7) is 0. The highest BCUT2D eigenvalue weighted by atomic mass is 35.5. The molecular weight excluding hydrogens is 273 g/mol. The van der Waals surface area contributed by atoms with Gasteiger partial charge in [0.2, 0.25) is 0 Å². The van der Waals surface area contributed by atoms with Gasteiger partial charge in [-0.2, -0.15) is 0 Å². The van der Waals surface area contributed by atoms with Crippen molar-refractivity contribution in [3.05, 3.63) is 28.2 Å². The zero-order valence-electron chi connectivity index (χ0n) is 9.88. The Hall–Kier alpha value is 0.110. The van der Waals surface area contributed by atoms with E-state index in [1.165, 1.54) is 30.6 Å². The van der Waals surface area contributed by atoms with E-state index in [9.17, 15) is 0 Å². The lowest BCUT2D eigenvalue weighted by Crippen LogP contribution is -2.38. The van der Waals surface area contributed by atoms with Crippen LogP contribution in [0.15, 0.2) is 23.1 Å². The fraction of sp³-hybridized carbons (Fsp3) is 0.538. The molecule has 17 heavy (non-hydrogen) atoms. The first kappa shape index (κ1) is 13.5. The van der Waals surface area contributed by atoms with Gasteiger partial charge in [0.05, 0.1) is 10.0 Å². The quantitative estimate of drug-likeness (QED) is 0.872. The van der Waals surface area contributed by atoms with Crippen molar-refractivity contribution in [2.75, 3.05) is 7.05 Å². The smallest absolute Gasteiger partial charge is 0.0603 e. The highest BCUT2D eigenvalue weighted by Crippen LogP contribution is 2.36. The van der Waals surface area contributed by atoms with Crippen molar-refractivity contribution in [2.45, 2.75) is 41.9 Å². The summed E-state index contributed by atoms with van der Waals surface area (Å²) in [4.78, 5) is 1.21. The number of hydrogen-bond acceptors (Lipinski definition) is 2. The van der Waals surface area contributed by atoms with Crippen molar-refractivity contribution in [2.24, 2.45) is 0 Å². The lowest BCUT2D eigenvalue weighted by molar-refractivity contribution is 0.405. The molecule has 0 amide bonds. The number of halogens is 2. The molecule has 1 aromatic carbocycles. The average Bonchev–Trinajstić information content (AvgIpc) is 2.34. The largest absolute Gasteiger partial charge is 0.316 e. The fourth-order valence-electron chi connectivity index (χ4n) is 2.29. The topological polar surface area (TPSA) is 12.0 Å². The van der Waals surface area contributed by atoms with Crippen LogP contribution >= 0.6 is 35.0 Å². The minimum absolute atomic E-state index is 0.614. The predicted molar refractivity (Wildman–Crippen MR) is 77.4 cm³/mol. The molecular formula is C13H17Cl2NS. The maximum atomic E-state index is 6.04. The Kier molecular flexibility index (Phi) is 5.04. The third-order valence-electron chi connectivity index (χ3n) is 3.25. The highest BCUT2D eigenvalue weighted by molar-refractivity contribution is 8.00. The second-order valence-corrected chi connectivity index (χ2v) is 6.54. The molecule has 0 aliphatic heterocycles. The van der Waals surface area contributed by atoms with Crippen molar-refractivity contribution < 1.29 is 0 Å². The summed E-state index contributed by atoms with van der Waals surface area (Å²) < 4.78 is 0. The molecule has 1 aliphatic carbocycles. The van der Waals surface area contributed by atoms with Crippen LogP contribution < -0.4 is 5.32 Å². The van der Waals surface area contributed by atoms with Crippen LogP contribution in [0.2, 0.25) is 10.0 Å². The van der Waals surface area contributed by atoms with Gasteiger partial charge >= 0.3 is 0 Å². The summed E-state index contributed by atoms with van der Waals surface area (Å²) in [6, 6.07) is 6.52. The molecule has 2 atom stereocenters. The Labute approximate surface area is 117 Å². The minimum Gasteiger partial charge on any atom is -0.316 e. The minimum atomic E-state index is 0.614. The molecule has 0 spiro atoms. The standard InChI is InChI=1S/C13H17Cl2NS/c1-16-12-4-2-3-5-13(12)17-9-6-7-10(14)11(15)8-9/h6-8,12-13,16H,2-5H2,1H3. The predicted octanol–water partition coefficient (Wildman–Crippen LogP) is 4.62. The monoisotopic (exact) mass is 289 g/mol. The molecule has 4 heteroatoms. The first-order valence-electron chi connectivity index (χ1n) is 5.99. The van der Waals surface area contributed by atoms with Gasteiger partial charge in [0, 0.05) is 16.2 Å². The van der Waals surface area contributed by atoms with Gasteiger partial charge in [0.1, 0.15) is 0 Å². The molecule has 0 heterocycles. The molecule has 94 valence electrons. The molecule has 1 aromatic rings. The van der Waals surface area contributed by atoms with Crippen molar-refractivity contribution in [1.82, 2.24) is 5.32 Å². The molecule has 0 bridgehead atoms. The van der Waals surface area contributed by atoms with Crippen molar-refractivity contribution in [3.63, 3.8) is 0 Å². The average molecular weight is 290 g/mol. The Morgan fingerprint density at radius 2 is 1.94 bits per heavy atom. The number of thioether (sulfide) groups is 1. The fourth-order valence-corrected chi connectivity index (χ4v) is 4.06. The van der Waals surface area contributed by atoms with Crippen LogP contribution in [0, 0.1) is 0 Å². The summed E-state index contributed by atoms with van der Waals surface area (Å²) in [7, 11) is 2.05. The maximum Gasteiger partial charge on any atom is 0.0603 e. The summed E-state index contributed by atoms with van der Waals surface area (Å²) in [5, 5.41) is 5.34. The highest BCUT2D eigenvalue weighted by Gasteiger charge is 2.24. The van der Waals surface area contributed by atoms with E-state index in [4.69, 9.17) is 23.2 Å². The molecule has 1 N–H and O–H groups in total. The molecule has 0 radical (unpaired) electrons. The van der Waals surface area contributed by atoms with Crippen LogP contribution in [0.4, 0.5) is 0 Å². The van der Waals surface area contributed by atoms with Gasteiger partial charge < -0.3 is 5.32 Å². The first-order valence-corrected chi connectivity index (χ1v) is 7.63. The number of rotatable bonds is 3. The first-order chi connectivity index (χ1) is 8.20. The van der Waals surface area contributed by atoms with Crippen molar-refractivity contribution >= 4 is 35.0 Å². The zero-order valence-corrected chi connectivity index (χ0v) is 12.2. The second-order valence-electron chi connectivity index (χ2n) is 4.41. The molecule has 1 nitrogen and oxygen atoms in total. The van der Waals surface area contributed by atoms with Crippen LogP contribution in [0.5, 0.6) is 0 Å². The summed E-state index contributed by atoms with van der Waals surface area (Å²) in [5.74, 6) is 0. The van der Waals surface area contributed by atoms with Crippen LogP contribution in [0.3, 0.4) is 0 Å². The van der Waals surface area contributed by atoms with Crippen LogP contribution in [-0.4, -0.2) is 18.3 Å². The van der Waals surface area contributed by atoms with Gasteiger partial charge in [-0.25, -0.2) is 0 Å². The van der Waals surface area contributed by atoms with Gasteiger partial charge in [-0.1, -0.05) is 36.0 Å². The third-order valence-corrected chi connectivity index (χ3v) is 5.38. The van der Waals surface area contributed by atoms with Gasteiger partial charge in [0.25, 0.3) is 0 Å². The molecule has 2 rings (SSSR count). The number of benzene rings is 1. The molecule has 2 unspecified atom stereocenters. The number of nitrogens with one attached hydrogen (secondary N) is 1. The van der Waals surface area contributed by atoms with Crippen LogP contribution in [-0.2, 0) is 0 Å². The van der Waals surface area contributed by atoms with Gasteiger partial charge in [-0.05, 0) is 38.1 Å². The molecule has 0 aromatic heterocycles. The Morgan fingerprint density at radius 1 is 1.18 bits per heavy atom. The number of hydrogen-bond donors (Lipinski definition) is 1. The van der Waals surface area contributed by atoms with Gasteiger partial charge in [-0.15, -0.1) is 11.8 Å². The van der Waals surface area contributed by atoms with Crippen LogP contribution in [0.25, 0.3) is 0 Å². The van der Waals surface area contributed by atoms with E-state index in [1.807, 2.05) is 23.9 Å². The van der Waals surface area contributed by atoms with E-state index in [0.717, 1.165) is 0 Å². The zero-order chi connectivity index (χ0) is 12.3. The lowest BCUT2D eigenvalue weighted by Gasteiger charge is -2.30. The van der Waals surface area contributed by atoms with Crippen molar-refractivity contribution in [3.8, 4) is 0 Å². The van der Waals surface area contributed by atoms with Crippen molar-refractivity contribution in [1.29, 1.82) is 0 Å². The third kappa shape index (κ3) is 3.54. The molecule has 1 saturated carbocycles. The lowest BCUT2D eigenvalue weighted by atomic mass is 9.95.